The molecule has 0 aliphatic heterocycles. The van der Waals surface area contributed by atoms with Crippen molar-refractivity contribution in [2.24, 2.45) is 0 Å². The summed E-state index contributed by atoms with van der Waals surface area (Å²) in [7, 11) is 0. The Morgan fingerprint density at radius 2 is 2.13 bits per heavy atom. The van der Waals surface area contributed by atoms with E-state index >= 15 is 0 Å². The van der Waals surface area contributed by atoms with Crippen molar-refractivity contribution in [1.82, 2.24) is 9.78 Å². The molecule has 2 rings (SSSR count). The summed E-state index contributed by atoms with van der Waals surface area (Å²) >= 11 is 0. The van der Waals surface area contributed by atoms with Crippen molar-refractivity contribution in [3.8, 4) is 0 Å². The molecule has 2 aromatic rings. The highest BCUT2D eigenvalue weighted by Gasteiger charge is 2.16. The number of hydrogen-bond donors (Lipinski definition) is 2. The largest absolute Gasteiger partial charge is 0.371 e. The van der Waals surface area contributed by atoms with Crippen LogP contribution in [-0.4, -0.2) is 28.2 Å². The number of carbonyl (C=O) groups is 1. The molecular weight excluding hydrogens is 309 g/mol. The number of aromatic nitrogens is 2. The smallest absolute Gasteiger partial charge is 0.257 e. The standard InChI is InChI=1S/C15H17F3N4O/c1-9-3-4-13(12(16)5-9)21-15(23)10(2)20-11-6-19-22(7-11)8-14(17)18/h3-7,10,14,20H,8H2,1-2H3,(H,21,23). The van der Waals surface area contributed by atoms with E-state index in [1.165, 1.54) is 24.5 Å². The Hall–Kier alpha value is -2.51. The Labute approximate surface area is 131 Å². The third kappa shape index (κ3) is 4.73. The van der Waals surface area contributed by atoms with Gasteiger partial charge in [0.15, 0.2) is 0 Å². The van der Waals surface area contributed by atoms with Gasteiger partial charge in [0.25, 0.3) is 6.43 Å². The predicted octanol–water partition coefficient (Wildman–Crippen LogP) is 3.03. The molecule has 1 heterocycles. The summed E-state index contributed by atoms with van der Waals surface area (Å²) in [6.07, 6.45) is 0.217. The Morgan fingerprint density at radius 1 is 1.39 bits per heavy atom. The Bertz CT molecular complexity index is 687. The fourth-order valence-electron chi connectivity index (χ4n) is 1.96. The van der Waals surface area contributed by atoms with Crippen molar-refractivity contribution in [1.29, 1.82) is 0 Å². The van der Waals surface area contributed by atoms with E-state index in [9.17, 15) is 18.0 Å². The van der Waals surface area contributed by atoms with Crippen molar-refractivity contribution in [3.05, 3.63) is 42.0 Å². The molecule has 0 spiro atoms. The number of hydrogen-bond acceptors (Lipinski definition) is 3. The molecule has 1 aromatic heterocycles. The van der Waals surface area contributed by atoms with Crippen molar-refractivity contribution in [3.63, 3.8) is 0 Å². The van der Waals surface area contributed by atoms with Crippen LogP contribution in [0.4, 0.5) is 24.5 Å². The molecule has 1 amide bonds. The average Bonchev–Trinajstić information content (AvgIpc) is 2.88. The molecule has 0 aliphatic rings. The lowest BCUT2D eigenvalue weighted by Gasteiger charge is -2.14. The Morgan fingerprint density at radius 3 is 2.78 bits per heavy atom. The van der Waals surface area contributed by atoms with Crippen LogP contribution >= 0.6 is 0 Å². The summed E-state index contributed by atoms with van der Waals surface area (Å²) in [6.45, 7) is 2.80. The van der Waals surface area contributed by atoms with Gasteiger partial charge in [-0.05, 0) is 31.5 Å². The fraction of sp³-hybridized carbons (Fsp3) is 0.333. The zero-order valence-corrected chi connectivity index (χ0v) is 12.7. The molecule has 124 valence electrons. The Balaban J connectivity index is 1.95. The molecule has 0 saturated heterocycles. The number of carbonyl (C=O) groups excluding carboxylic acids is 1. The first kappa shape index (κ1) is 16.9. The van der Waals surface area contributed by atoms with Gasteiger partial charge < -0.3 is 10.6 Å². The highest BCUT2D eigenvalue weighted by atomic mass is 19.3. The van der Waals surface area contributed by atoms with Gasteiger partial charge in [0.1, 0.15) is 18.4 Å². The first-order valence-electron chi connectivity index (χ1n) is 6.99. The van der Waals surface area contributed by atoms with E-state index in [4.69, 9.17) is 0 Å². The molecule has 23 heavy (non-hydrogen) atoms. The van der Waals surface area contributed by atoms with Crippen LogP contribution in [0.2, 0.25) is 0 Å². The van der Waals surface area contributed by atoms with Gasteiger partial charge in [-0.2, -0.15) is 5.10 Å². The minimum atomic E-state index is -2.51. The number of benzene rings is 1. The molecule has 1 unspecified atom stereocenters. The number of amides is 1. The minimum Gasteiger partial charge on any atom is -0.371 e. The van der Waals surface area contributed by atoms with Crippen LogP contribution in [0.3, 0.4) is 0 Å². The van der Waals surface area contributed by atoms with E-state index in [2.05, 4.69) is 15.7 Å². The van der Waals surface area contributed by atoms with Crippen molar-refractivity contribution < 1.29 is 18.0 Å². The Kier molecular flexibility index (Phi) is 5.25. The quantitative estimate of drug-likeness (QED) is 0.858. The van der Waals surface area contributed by atoms with Gasteiger partial charge in [0, 0.05) is 6.20 Å². The van der Waals surface area contributed by atoms with Crippen molar-refractivity contribution in [2.75, 3.05) is 10.6 Å². The maximum absolute atomic E-state index is 13.7. The molecular formula is C15H17F3N4O. The molecule has 0 aliphatic carbocycles. The summed E-state index contributed by atoms with van der Waals surface area (Å²) in [5.41, 5.74) is 1.26. The van der Waals surface area contributed by atoms with Crippen LogP contribution in [0, 0.1) is 12.7 Å². The summed E-state index contributed by atoms with van der Waals surface area (Å²) in [5.74, 6) is -0.968. The summed E-state index contributed by atoms with van der Waals surface area (Å²) in [6, 6.07) is 3.79. The number of aryl methyl sites for hydroxylation is 1. The van der Waals surface area contributed by atoms with Crippen molar-refractivity contribution >= 4 is 17.3 Å². The number of anilines is 2. The molecule has 0 bridgehead atoms. The SMILES string of the molecule is Cc1ccc(NC(=O)C(C)Nc2cnn(CC(F)F)c2)c(F)c1. The number of nitrogens with one attached hydrogen (secondary N) is 2. The lowest BCUT2D eigenvalue weighted by atomic mass is 10.2. The van der Waals surface area contributed by atoms with Crippen LogP contribution in [-0.2, 0) is 11.3 Å². The van der Waals surface area contributed by atoms with E-state index in [-0.39, 0.29) is 5.69 Å². The normalized spacial score (nSPS) is 12.3. The van der Waals surface area contributed by atoms with Crippen LogP contribution < -0.4 is 10.6 Å². The summed E-state index contributed by atoms with van der Waals surface area (Å²) in [4.78, 5) is 12.1. The first-order chi connectivity index (χ1) is 10.8. The molecule has 1 atom stereocenters. The van der Waals surface area contributed by atoms with Gasteiger partial charge in [0.2, 0.25) is 5.91 Å². The van der Waals surface area contributed by atoms with Gasteiger partial charge in [-0.3, -0.25) is 9.48 Å². The highest BCUT2D eigenvalue weighted by molar-refractivity contribution is 5.96. The van der Waals surface area contributed by atoms with Crippen LogP contribution in [0.15, 0.2) is 30.6 Å². The third-order valence-electron chi connectivity index (χ3n) is 3.12. The third-order valence-corrected chi connectivity index (χ3v) is 3.12. The maximum Gasteiger partial charge on any atom is 0.257 e. The molecule has 0 saturated carbocycles. The van der Waals surface area contributed by atoms with Crippen LogP contribution in [0.5, 0.6) is 0 Å². The first-order valence-corrected chi connectivity index (χ1v) is 6.99. The van der Waals surface area contributed by atoms with Gasteiger partial charge in [-0.25, -0.2) is 13.2 Å². The topological polar surface area (TPSA) is 59.0 Å². The second-order valence-electron chi connectivity index (χ2n) is 5.18. The summed E-state index contributed by atoms with van der Waals surface area (Å²) in [5, 5.41) is 9.06. The fourth-order valence-corrected chi connectivity index (χ4v) is 1.96. The van der Waals surface area contributed by atoms with E-state index in [1.54, 1.807) is 19.9 Å². The van der Waals surface area contributed by atoms with Crippen molar-refractivity contribution in [2.45, 2.75) is 32.9 Å². The zero-order chi connectivity index (χ0) is 17.0. The van der Waals surface area contributed by atoms with Gasteiger partial charge in [0.05, 0.1) is 17.6 Å². The van der Waals surface area contributed by atoms with E-state index in [1.807, 2.05) is 0 Å². The van der Waals surface area contributed by atoms with Crippen LogP contribution in [0.1, 0.15) is 12.5 Å². The minimum absolute atomic E-state index is 0.0858. The van der Waals surface area contributed by atoms with E-state index < -0.39 is 30.7 Å². The molecule has 0 fully saturated rings. The molecule has 5 nitrogen and oxygen atoms in total. The van der Waals surface area contributed by atoms with Gasteiger partial charge in [-0.15, -0.1) is 0 Å². The van der Waals surface area contributed by atoms with Crippen LogP contribution in [0.25, 0.3) is 0 Å². The van der Waals surface area contributed by atoms with E-state index in [0.717, 1.165) is 10.2 Å². The van der Waals surface area contributed by atoms with E-state index in [0.29, 0.717) is 5.69 Å². The highest BCUT2D eigenvalue weighted by Crippen LogP contribution is 2.16. The number of nitrogens with zero attached hydrogens (tertiary/aromatic N) is 2. The zero-order valence-electron chi connectivity index (χ0n) is 12.7. The molecule has 8 heteroatoms. The monoisotopic (exact) mass is 326 g/mol. The number of alkyl halides is 2. The second-order valence-corrected chi connectivity index (χ2v) is 5.18. The van der Waals surface area contributed by atoms with Gasteiger partial charge in [-0.1, -0.05) is 6.07 Å². The molecule has 0 radical (unpaired) electrons. The number of rotatable bonds is 6. The molecule has 2 N–H and O–H groups in total. The summed E-state index contributed by atoms with van der Waals surface area (Å²) < 4.78 is 39.3. The van der Waals surface area contributed by atoms with Gasteiger partial charge >= 0.3 is 0 Å². The number of halogens is 3. The lowest BCUT2D eigenvalue weighted by Crippen LogP contribution is -2.32. The lowest BCUT2D eigenvalue weighted by molar-refractivity contribution is -0.116. The average molecular weight is 326 g/mol. The molecule has 1 aromatic carbocycles. The maximum atomic E-state index is 13.7. The predicted molar refractivity (Wildman–Crippen MR) is 81.1 cm³/mol. The second kappa shape index (κ2) is 7.17.